The van der Waals surface area contributed by atoms with Crippen LogP contribution in [0.3, 0.4) is 0 Å². The van der Waals surface area contributed by atoms with Crippen molar-refractivity contribution in [2.75, 3.05) is 14.2 Å². The Kier molecular flexibility index (Phi) is 5.06. The van der Waals surface area contributed by atoms with Gasteiger partial charge in [0.1, 0.15) is 22.8 Å². The van der Waals surface area contributed by atoms with Crippen molar-refractivity contribution in [1.82, 2.24) is 0 Å². The Bertz CT molecular complexity index is 1150. The minimum Gasteiger partial charge on any atom is -0.497 e. The fourth-order valence-corrected chi connectivity index (χ4v) is 3.74. The molecule has 0 saturated heterocycles. The van der Waals surface area contributed by atoms with E-state index in [1.165, 1.54) is 22.3 Å². The summed E-state index contributed by atoms with van der Waals surface area (Å²) in [6.07, 6.45) is 0. The molecule has 0 N–H and O–H groups in total. The van der Waals surface area contributed by atoms with Gasteiger partial charge < -0.3 is 13.9 Å². The highest BCUT2D eigenvalue weighted by Gasteiger charge is 2.15. The number of ether oxygens (including phenoxy) is 2. The van der Waals surface area contributed by atoms with Crippen LogP contribution in [-0.2, 0) is 0 Å². The molecule has 0 fully saturated rings. The lowest BCUT2D eigenvalue weighted by molar-refractivity contribution is 0.410. The second kappa shape index (κ2) is 7.67. The van der Waals surface area contributed by atoms with Crippen molar-refractivity contribution >= 4 is 11.0 Å². The first-order valence-electron chi connectivity index (χ1n) is 9.83. The Morgan fingerprint density at radius 2 is 1.55 bits per heavy atom. The third-order valence-electron chi connectivity index (χ3n) is 5.78. The van der Waals surface area contributed by atoms with Crippen LogP contribution in [0.5, 0.6) is 11.5 Å². The maximum atomic E-state index is 6.08. The fourth-order valence-electron chi connectivity index (χ4n) is 3.74. The molecule has 0 aliphatic heterocycles. The van der Waals surface area contributed by atoms with Crippen LogP contribution in [-0.4, -0.2) is 14.2 Å². The molecule has 1 unspecified atom stereocenters. The van der Waals surface area contributed by atoms with Crippen molar-refractivity contribution in [3.8, 4) is 22.8 Å². The third kappa shape index (κ3) is 3.61. The van der Waals surface area contributed by atoms with E-state index >= 15 is 0 Å². The van der Waals surface area contributed by atoms with E-state index in [-0.39, 0.29) is 5.92 Å². The Hall–Kier alpha value is -3.20. The minimum atomic E-state index is 0.256. The maximum absolute atomic E-state index is 6.08. The summed E-state index contributed by atoms with van der Waals surface area (Å²) in [5, 5.41) is 1.11. The zero-order valence-electron chi connectivity index (χ0n) is 17.6. The summed E-state index contributed by atoms with van der Waals surface area (Å²) >= 11 is 0. The van der Waals surface area contributed by atoms with Crippen LogP contribution in [0.4, 0.5) is 0 Å². The van der Waals surface area contributed by atoms with Crippen molar-refractivity contribution < 1.29 is 13.9 Å². The molecule has 1 heterocycles. The van der Waals surface area contributed by atoms with Gasteiger partial charge in [0.2, 0.25) is 0 Å². The van der Waals surface area contributed by atoms with Crippen LogP contribution >= 0.6 is 0 Å². The zero-order chi connectivity index (χ0) is 20.5. The summed E-state index contributed by atoms with van der Waals surface area (Å²) in [4.78, 5) is 0. The van der Waals surface area contributed by atoms with Gasteiger partial charge in [0, 0.05) is 16.9 Å². The fraction of sp³-hybridized carbons (Fsp3) is 0.231. The highest BCUT2D eigenvalue weighted by molar-refractivity contribution is 5.83. The van der Waals surface area contributed by atoms with E-state index in [1.54, 1.807) is 14.2 Å². The molecular formula is C26H26O3. The standard InChI is InChI=1S/C26H26O3/c1-16-12-21(14-25(28-5)17(16)2)18(3)20-8-11-24-22(13-20)15-26(29-24)19-6-9-23(27-4)10-7-19/h6-15,18H,1-5H3. The summed E-state index contributed by atoms with van der Waals surface area (Å²) in [5.41, 5.74) is 6.88. The normalized spacial score (nSPS) is 12.2. The van der Waals surface area contributed by atoms with Crippen molar-refractivity contribution in [2.24, 2.45) is 0 Å². The van der Waals surface area contributed by atoms with E-state index < -0.39 is 0 Å². The smallest absolute Gasteiger partial charge is 0.135 e. The molecule has 29 heavy (non-hydrogen) atoms. The molecule has 0 bridgehead atoms. The van der Waals surface area contributed by atoms with Crippen molar-refractivity contribution in [1.29, 1.82) is 0 Å². The van der Waals surface area contributed by atoms with Gasteiger partial charge in [-0.3, -0.25) is 0 Å². The van der Waals surface area contributed by atoms with Crippen LogP contribution in [0.25, 0.3) is 22.3 Å². The number of rotatable bonds is 5. The lowest BCUT2D eigenvalue weighted by atomic mass is 9.90. The van der Waals surface area contributed by atoms with Gasteiger partial charge in [-0.2, -0.15) is 0 Å². The van der Waals surface area contributed by atoms with Gasteiger partial charge in [0.15, 0.2) is 0 Å². The predicted octanol–water partition coefficient (Wildman–Crippen LogP) is 6.89. The molecular weight excluding hydrogens is 360 g/mol. The minimum absolute atomic E-state index is 0.256. The van der Waals surface area contributed by atoms with Crippen LogP contribution in [0.2, 0.25) is 0 Å². The van der Waals surface area contributed by atoms with E-state index in [2.05, 4.69) is 57.2 Å². The lowest BCUT2D eigenvalue weighted by Gasteiger charge is -2.17. The van der Waals surface area contributed by atoms with Crippen molar-refractivity contribution in [2.45, 2.75) is 26.7 Å². The van der Waals surface area contributed by atoms with Gasteiger partial charge in [0.25, 0.3) is 0 Å². The molecule has 0 amide bonds. The number of hydrogen-bond donors (Lipinski definition) is 0. The van der Waals surface area contributed by atoms with E-state index in [1.807, 2.05) is 24.3 Å². The van der Waals surface area contributed by atoms with Gasteiger partial charge in [-0.05, 0) is 84.6 Å². The summed E-state index contributed by atoms with van der Waals surface area (Å²) < 4.78 is 16.9. The van der Waals surface area contributed by atoms with Gasteiger partial charge in [-0.1, -0.05) is 19.1 Å². The number of aryl methyl sites for hydroxylation is 1. The Morgan fingerprint density at radius 3 is 2.24 bits per heavy atom. The molecule has 3 heteroatoms. The van der Waals surface area contributed by atoms with Crippen LogP contribution in [0.15, 0.2) is 65.1 Å². The largest absolute Gasteiger partial charge is 0.497 e. The Labute approximate surface area is 171 Å². The second-order valence-corrected chi connectivity index (χ2v) is 7.52. The van der Waals surface area contributed by atoms with Crippen LogP contribution in [0.1, 0.15) is 35.1 Å². The number of hydrogen-bond acceptors (Lipinski definition) is 3. The average Bonchev–Trinajstić information content (AvgIpc) is 3.18. The van der Waals surface area contributed by atoms with E-state index in [9.17, 15) is 0 Å². The first-order chi connectivity index (χ1) is 14.0. The highest BCUT2D eigenvalue weighted by Crippen LogP contribution is 2.34. The molecule has 0 aliphatic rings. The maximum Gasteiger partial charge on any atom is 0.135 e. The molecule has 4 aromatic rings. The number of methoxy groups -OCH3 is 2. The van der Waals surface area contributed by atoms with E-state index in [0.29, 0.717) is 0 Å². The number of fused-ring (bicyclic) bond motifs is 1. The van der Waals surface area contributed by atoms with E-state index in [4.69, 9.17) is 13.9 Å². The zero-order valence-corrected chi connectivity index (χ0v) is 17.6. The molecule has 3 aromatic carbocycles. The first-order valence-corrected chi connectivity index (χ1v) is 9.83. The molecule has 1 aromatic heterocycles. The van der Waals surface area contributed by atoms with Gasteiger partial charge in [0.05, 0.1) is 14.2 Å². The molecule has 3 nitrogen and oxygen atoms in total. The first kappa shape index (κ1) is 19.1. The SMILES string of the molecule is COc1ccc(-c2cc3cc(C(C)c4cc(C)c(C)c(OC)c4)ccc3o2)cc1. The van der Waals surface area contributed by atoms with Crippen molar-refractivity contribution in [3.05, 3.63) is 82.9 Å². The summed E-state index contributed by atoms with van der Waals surface area (Å²) in [7, 11) is 3.40. The lowest BCUT2D eigenvalue weighted by Crippen LogP contribution is -1.99. The third-order valence-corrected chi connectivity index (χ3v) is 5.78. The molecule has 0 radical (unpaired) electrons. The van der Waals surface area contributed by atoms with Crippen molar-refractivity contribution in [3.63, 3.8) is 0 Å². The predicted molar refractivity (Wildman–Crippen MR) is 118 cm³/mol. The molecule has 0 spiro atoms. The summed E-state index contributed by atoms with van der Waals surface area (Å²) in [5.74, 6) is 2.90. The number of benzene rings is 3. The van der Waals surface area contributed by atoms with Crippen LogP contribution in [0, 0.1) is 13.8 Å². The Morgan fingerprint density at radius 1 is 0.793 bits per heavy atom. The van der Waals surface area contributed by atoms with Gasteiger partial charge >= 0.3 is 0 Å². The topological polar surface area (TPSA) is 31.6 Å². The quantitative estimate of drug-likeness (QED) is 0.374. The second-order valence-electron chi connectivity index (χ2n) is 7.52. The highest BCUT2D eigenvalue weighted by atomic mass is 16.5. The number of furan rings is 1. The summed E-state index contributed by atoms with van der Waals surface area (Å²) in [6, 6.07) is 20.9. The molecule has 4 rings (SSSR count). The molecule has 0 saturated carbocycles. The molecule has 148 valence electrons. The van der Waals surface area contributed by atoms with Gasteiger partial charge in [-0.15, -0.1) is 0 Å². The molecule has 0 aliphatic carbocycles. The summed E-state index contributed by atoms with van der Waals surface area (Å²) in [6.45, 7) is 6.46. The van der Waals surface area contributed by atoms with E-state index in [0.717, 1.165) is 33.8 Å². The molecule has 1 atom stereocenters. The monoisotopic (exact) mass is 386 g/mol. The Balaban J connectivity index is 1.69. The van der Waals surface area contributed by atoms with Gasteiger partial charge in [-0.25, -0.2) is 0 Å². The average molecular weight is 386 g/mol. The van der Waals surface area contributed by atoms with Crippen LogP contribution < -0.4 is 9.47 Å².